The predicted octanol–water partition coefficient (Wildman–Crippen LogP) is 1.86. The van der Waals surface area contributed by atoms with Crippen molar-refractivity contribution in [3.05, 3.63) is 29.8 Å². The molecule has 3 heteroatoms. The fourth-order valence-corrected chi connectivity index (χ4v) is 0.989. The molecule has 0 fully saturated rings. The Bertz CT molecular complexity index is 284. The lowest BCUT2D eigenvalue weighted by atomic mass is 10.1. The second-order valence-corrected chi connectivity index (χ2v) is 2.41. The summed E-state index contributed by atoms with van der Waals surface area (Å²) in [6.07, 6.45) is 0. The van der Waals surface area contributed by atoms with Crippen LogP contribution in [0.3, 0.4) is 0 Å². The van der Waals surface area contributed by atoms with E-state index < -0.39 is 0 Å². The van der Waals surface area contributed by atoms with E-state index in [2.05, 4.69) is 5.48 Å². The van der Waals surface area contributed by atoms with Gasteiger partial charge in [0.2, 0.25) is 0 Å². The third-order valence-corrected chi connectivity index (χ3v) is 1.52. The van der Waals surface area contributed by atoms with Gasteiger partial charge in [-0.3, -0.25) is 15.1 Å². The predicted molar refractivity (Wildman–Crippen MR) is 47.1 cm³/mol. The Balaban J connectivity index is 3.00. The van der Waals surface area contributed by atoms with Crippen LogP contribution in [-0.2, 0) is 4.84 Å². The van der Waals surface area contributed by atoms with Crippen LogP contribution in [0.1, 0.15) is 17.3 Å². The van der Waals surface area contributed by atoms with Crippen molar-refractivity contribution in [1.82, 2.24) is 0 Å². The molecule has 0 aliphatic heterocycles. The minimum Gasteiger partial charge on any atom is -0.294 e. The van der Waals surface area contributed by atoms with Crippen molar-refractivity contribution in [1.29, 1.82) is 0 Å². The van der Waals surface area contributed by atoms with E-state index in [-0.39, 0.29) is 5.78 Å². The standard InChI is InChI=1S/C9H11NO2/c1-7(11)8-5-3-4-6-9(8)10-12-2/h3-6,10H,1-2H3. The number of carbonyl (C=O) groups excluding carboxylic acids is 1. The molecule has 1 N–H and O–H groups in total. The average molecular weight is 165 g/mol. The van der Waals surface area contributed by atoms with Crippen molar-refractivity contribution in [2.45, 2.75) is 6.92 Å². The highest BCUT2D eigenvalue weighted by Crippen LogP contribution is 2.14. The topological polar surface area (TPSA) is 38.3 Å². The molecular weight excluding hydrogens is 154 g/mol. The molecule has 12 heavy (non-hydrogen) atoms. The zero-order valence-corrected chi connectivity index (χ0v) is 7.13. The molecule has 1 rings (SSSR count). The fraction of sp³-hybridized carbons (Fsp3) is 0.222. The highest BCUT2D eigenvalue weighted by Gasteiger charge is 2.04. The molecule has 0 unspecified atom stereocenters. The number of hydrogen-bond donors (Lipinski definition) is 1. The molecule has 0 aromatic heterocycles. The first kappa shape index (κ1) is 8.74. The van der Waals surface area contributed by atoms with Crippen molar-refractivity contribution >= 4 is 11.5 Å². The second-order valence-electron chi connectivity index (χ2n) is 2.41. The van der Waals surface area contributed by atoms with E-state index in [1.54, 1.807) is 12.1 Å². The Labute approximate surface area is 71.3 Å². The highest BCUT2D eigenvalue weighted by atomic mass is 16.6. The number of nitrogens with one attached hydrogen (secondary N) is 1. The number of rotatable bonds is 3. The van der Waals surface area contributed by atoms with Crippen LogP contribution in [0.2, 0.25) is 0 Å². The Morgan fingerprint density at radius 2 is 2.08 bits per heavy atom. The number of benzene rings is 1. The third kappa shape index (κ3) is 1.83. The van der Waals surface area contributed by atoms with E-state index in [0.717, 1.165) is 0 Å². The monoisotopic (exact) mass is 165 g/mol. The second kappa shape index (κ2) is 3.88. The van der Waals surface area contributed by atoms with E-state index in [1.165, 1.54) is 14.0 Å². The van der Waals surface area contributed by atoms with E-state index >= 15 is 0 Å². The maximum absolute atomic E-state index is 11.0. The first-order valence-corrected chi connectivity index (χ1v) is 3.64. The van der Waals surface area contributed by atoms with Gasteiger partial charge in [-0.05, 0) is 19.1 Å². The summed E-state index contributed by atoms with van der Waals surface area (Å²) in [6.45, 7) is 1.52. The molecule has 1 aromatic rings. The molecule has 0 spiro atoms. The van der Waals surface area contributed by atoms with Crippen LogP contribution in [-0.4, -0.2) is 12.9 Å². The van der Waals surface area contributed by atoms with Crippen LogP contribution in [0.25, 0.3) is 0 Å². The van der Waals surface area contributed by atoms with Crippen LogP contribution in [0.4, 0.5) is 5.69 Å². The summed E-state index contributed by atoms with van der Waals surface area (Å²) in [7, 11) is 1.51. The van der Waals surface area contributed by atoms with E-state index in [4.69, 9.17) is 4.84 Å². The van der Waals surface area contributed by atoms with Crippen molar-refractivity contribution in [2.24, 2.45) is 0 Å². The summed E-state index contributed by atoms with van der Waals surface area (Å²) >= 11 is 0. The molecule has 0 saturated carbocycles. The van der Waals surface area contributed by atoms with E-state index in [0.29, 0.717) is 11.3 Å². The minimum atomic E-state index is 0.0233. The Hall–Kier alpha value is -1.35. The zero-order valence-electron chi connectivity index (χ0n) is 7.13. The van der Waals surface area contributed by atoms with Gasteiger partial charge in [0.25, 0.3) is 0 Å². The Morgan fingerprint density at radius 1 is 1.42 bits per heavy atom. The number of para-hydroxylation sites is 1. The lowest BCUT2D eigenvalue weighted by Gasteiger charge is -2.06. The lowest BCUT2D eigenvalue weighted by Crippen LogP contribution is -2.02. The molecule has 0 radical (unpaired) electrons. The lowest BCUT2D eigenvalue weighted by molar-refractivity contribution is 0.101. The van der Waals surface area contributed by atoms with E-state index in [9.17, 15) is 4.79 Å². The Morgan fingerprint density at radius 3 is 2.67 bits per heavy atom. The van der Waals surface area contributed by atoms with Gasteiger partial charge in [-0.1, -0.05) is 12.1 Å². The summed E-state index contributed by atoms with van der Waals surface area (Å²) < 4.78 is 0. The summed E-state index contributed by atoms with van der Waals surface area (Å²) in [6, 6.07) is 7.20. The first-order valence-electron chi connectivity index (χ1n) is 3.64. The third-order valence-electron chi connectivity index (χ3n) is 1.52. The largest absolute Gasteiger partial charge is 0.294 e. The molecule has 64 valence electrons. The van der Waals surface area contributed by atoms with Gasteiger partial charge in [-0.25, -0.2) is 0 Å². The van der Waals surface area contributed by atoms with Crippen LogP contribution < -0.4 is 5.48 Å². The van der Waals surface area contributed by atoms with Gasteiger partial charge in [0.15, 0.2) is 5.78 Å². The van der Waals surface area contributed by atoms with Crippen LogP contribution in [0, 0.1) is 0 Å². The van der Waals surface area contributed by atoms with Gasteiger partial charge in [0.05, 0.1) is 12.8 Å². The molecule has 0 amide bonds. The summed E-state index contributed by atoms with van der Waals surface area (Å²) in [4.78, 5) is 15.8. The minimum absolute atomic E-state index is 0.0233. The molecule has 1 aromatic carbocycles. The smallest absolute Gasteiger partial charge is 0.161 e. The Kier molecular flexibility index (Phi) is 2.82. The van der Waals surface area contributed by atoms with Crippen LogP contribution in [0.5, 0.6) is 0 Å². The van der Waals surface area contributed by atoms with Gasteiger partial charge in [0, 0.05) is 5.56 Å². The van der Waals surface area contributed by atoms with Crippen molar-refractivity contribution < 1.29 is 9.63 Å². The van der Waals surface area contributed by atoms with Gasteiger partial charge in [0.1, 0.15) is 0 Å². The zero-order chi connectivity index (χ0) is 8.97. The normalized spacial score (nSPS) is 9.50. The highest BCUT2D eigenvalue weighted by molar-refractivity contribution is 5.99. The molecule has 0 saturated heterocycles. The summed E-state index contributed by atoms with van der Waals surface area (Å²) in [5.41, 5.74) is 3.98. The van der Waals surface area contributed by atoms with Crippen molar-refractivity contribution in [2.75, 3.05) is 12.6 Å². The number of anilines is 1. The van der Waals surface area contributed by atoms with Crippen molar-refractivity contribution in [3.63, 3.8) is 0 Å². The first-order chi connectivity index (χ1) is 5.75. The summed E-state index contributed by atoms with van der Waals surface area (Å²) in [5, 5.41) is 0. The maximum atomic E-state index is 11.0. The van der Waals surface area contributed by atoms with Gasteiger partial charge in [-0.15, -0.1) is 0 Å². The summed E-state index contributed by atoms with van der Waals surface area (Å²) in [5.74, 6) is 0.0233. The van der Waals surface area contributed by atoms with E-state index in [1.807, 2.05) is 12.1 Å². The average Bonchev–Trinajstić information content (AvgIpc) is 2.05. The fourth-order valence-electron chi connectivity index (χ4n) is 0.989. The molecular formula is C9H11NO2. The maximum Gasteiger partial charge on any atom is 0.161 e. The van der Waals surface area contributed by atoms with Gasteiger partial charge >= 0.3 is 0 Å². The molecule has 0 aliphatic rings. The molecule has 0 aliphatic carbocycles. The molecule has 0 heterocycles. The van der Waals surface area contributed by atoms with Gasteiger partial charge < -0.3 is 0 Å². The van der Waals surface area contributed by atoms with Gasteiger partial charge in [-0.2, -0.15) is 0 Å². The number of carbonyl (C=O) groups is 1. The molecule has 0 bridgehead atoms. The van der Waals surface area contributed by atoms with Crippen LogP contribution >= 0.6 is 0 Å². The number of hydrogen-bond acceptors (Lipinski definition) is 3. The molecule has 0 atom stereocenters. The quantitative estimate of drug-likeness (QED) is 0.548. The molecule has 3 nitrogen and oxygen atoms in total. The van der Waals surface area contributed by atoms with Crippen molar-refractivity contribution in [3.8, 4) is 0 Å². The number of ketones is 1. The van der Waals surface area contributed by atoms with Crippen LogP contribution in [0.15, 0.2) is 24.3 Å². The SMILES string of the molecule is CONc1ccccc1C(C)=O. The number of Topliss-reactive ketones (excluding diaryl/α,β-unsaturated/α-hetero) is 1.